The van der Waals surface area contributed by atoms with Gasteiger partial charge in [-0.05, 0) is 19.9 Å². The molecule has 0 aromatic heterocycles. The van der Waals surface area contributed by atoms with E-state index in [9.17, 15) is 0 Å². The molecule has 2 atom stereocenters. The fourth-order valence-corrected chi connectivity index (χ4v) is 2.57. The van der Waals surface area contributed by atoms with E-state index in [1.165, 1.54) is 0 Å². The number of rotatable bonds is 4. The van der Waals surface area contributed by atoms with Crippen LogP contribution in [-0.4, -0.2) is 43.9 Å². The summed E-state index contributed by atoms with van der Waals surface area (Å²) in [5, 5.41) is 0. The molecule has 0 aliphatic carbocycles. The molecule has 0 unspecified atom stereocenters. The van der Waals surface area contributed by atoms with Crippen molar-refractivity contribution in [3.63, 3.8) is 0 Å². The van der Waals surface area contributed by atoms with E-state index in [1.807, 2.05) is 18.2 Å². The maximum atomic E-state index is 5.73. The number of morpholine rings is 1. The lowest BCUT2D eigenvalue weighted by atomic mass is 10.2. The second-order valence-electron chi connectivity index (χ2n) is 5.12. The Morgan fingerprint density at radius 1 is 1.26 bits per heavy atom. The molecule has 19 heavy (non-hydrogen) atoms. The third-order valence-corrected chi connectivity index (χ3v) is 3.30. The van der Waals surface area contributed by atoms with Crippen molar-refractivity contribution in [1.29, 1.82) is 0 Å². The topological polar surface area (TPSA) is 21.7 Å². The Hall–Kier alpha value is -1.32. The Morgan fingerprint density at radius 3 is 2.63 bits per heavy atom. The van der Waals surface area contributed by atoms with Crippen LogP contribution in [0.4, 0.5) is 0 Å². The van der Waals surface area contributed by atoms with Crippen LogP contribution in [0.2, 0.25) is 0 Å². The SMILES string of the molecule is COc1ccccc1/C=C/CN1C[C@H](C)O[C@@H](C)C1. The van der Waals surface area contributed by atoms with Crippen LogP contribution in [0.3, 0.4) is 0 Å². The molecular formula is C16H23NO2. The highest BCUT2D eigenvalue weighted by Gasteiger charge is 2.20. The number of nitrogens with zero attached hydrogens (tertiary/aromatic N) is 1. The summed E-state index contributed by atoms with van der Waals surface area (Å²) in [6.45, 7) is 7.22. The zero-order valence-electron chi connectivity index (χ0n) is 12.0. The molecular weight excluding hydrogens is 238 g/mol. The van der Waals surface area contributed by atoms with Crippen LogP contribution >= 0.6 is 0 Å². The standard InChI is InChI=1S/C16H23NO2/c1-13-11-17(12-14(2)19-13)10-6-8-15-7-4-5-9-16(15)18-3/h4-9,13-14H,10-12H2,1-3H3/b8-6+/t13-,14-/m0/s1. The quantitative estimate of drug-likeness (QED) is 0.832. The molecule has 3 heteroatoms. The minimum Gasteiger partial charge on any atom is -0.496 e. The first kappa shape index (κ1) is 14.1. The molecule has 1 aromatic rings. The predicted molar refractivity (Wildman–Crippen MR) is 78.5 cm³/mol. The first-order valence-corrected chi connectivity index (χ1v) is 6.86. The number of methoxy groups -OCH3 is 1. The molecule has 0 N–H and O–H groups in total. The van der Waals surface area contributed by atoms with Gasteiger partial charge < -0.3 is 9.47 Å². The number of para-hydroxylation sites is 1. The van der Waals surface area contributed by atoms with Gasteiger partial charge in [-0.25, -0.2) is 0 Å². The Labute approximate surface area is 115 Å². The third kappa shape index (κ3) is 4.08. The first-order chi connectivity index (χ1) is 9.19. The maximum absolute atomic E-state index is 5.73. The summed E-state index contributed by atoms with van der Waals surface area (Å²) in [6.07, 6.45) is 4.97. The van der Waals surface area contributed by atoms with Crippen molar-refractivity contribution < 1.29 is 9.47 Å². The van der Waals surface area contributed by atoms with Gasteiger partial charge in [0.2, 0.25) is 0 Å². The fraction of sp³-hybridized carbons (Fsp3) is 0.500. The van der Waals surface area contributed by atoms with Gasteiger partial charge >= 0.3 is 0 Å². The molecule has 3 nitrogen and oxygen atoms in total. The molecule has 1 fully saturated rings. The smallest absolute Gasteiger partial charge is 0.126 e. The van der Waals surface area contributed by atoms with Crippen molar-refractivity contribution >= 4 is 6.08 Å². The Morgan fingerprint density at radius 2 is 1.95 bits per heavy atom. The lowest BCUT2D eigenvalue weighted by Crippen LogP contribution is -2.45. The van der Waals surface area contributed by atoms with Crippen molar-refractivity contribution in [2.24, 2.45) is 0 Å². The molecule has 0 amide bonds. The zero-order chi connectivity index (χ0) is 13.7. The number of ether oxygens (including phenoxy) is 2. The lowest BCUT2D eigenvalue weighted by molar-refractivity contribution is -0.0645. The van der Waals surface area contributed by atoms with E-state index in [0.717, 1.165) is 30.9 Å². The summed E-state index contributed by atoms with van der Waals surface area (Å²) >= 11 is 0. The molecule has 0 saturated carbocycles. The van der Waals surface area contributed by atoms with Gasteiger partial charge in [-0.3, -0.25) is 4.90 Å². The van der Waals surface area contributed by atoms with E-state index >= 15 is 0 Å². The lowest BCUT2D eigenvalue weighted by Gasteiger charge is -2.34. The van der Waals surface area contributed by atoms with Crippen LogP contribution in [0, 0.1) is 0 Å². The largest absolute Gasteiger partial charge is 0.496 e. The molecule has 1 heterocycles. The fourth-order valence-electron chi connectivity index (χ4n) is 2.57. The van der Waals surface area contributed by atoms with Gasteiger partial charge in [0.15, 0.2) is 0 Å². The van der Waals surface area contributed by atoms with Gasteiger partial charge in [-0.2, -0.15) is 0 Å². The van der Waals surface area contributed by atoms with Crippen molar-refractivity contribution in [1.82, 2.24) is 4.90 Å². The van der Waals surface area contributed by atoms with E-state index < -0.39 is 0 Å². The van der Waals surface area contributed by atoms with Crippen LogP contribution in [-0.2, 0) is 4.74 Å². The zero-order valence-corrected chi connectivity index (χ0v) is 12.0. The molecule has 0 radical (unpaired) electrons. The molecule has 0 bridgehead atoms. The summed E-state index contributed by atoms with van der Waals surface area (Å²) in [4.78, 5) is 2.42. The van der Waals surface area contributed by atoms with E-state index in [2.05, 4.69) is 37.0 Å². The predicted octanol–water partition coefficient (Wildman–Crippen LogP) is 2.82. The van der Waals surface area contributed by atoms with E-state index in [1.54, 1.807) is 7.11 Å². The van der Waals surface area contributed by atoms with Crippen LogP contribution in [0.1, 0.15) is 19.4 Å². The van der Waals surface area contributed by atoms with E-state index in [-0.39, 0.29) is 0 Å². The highest BCUT2D eigenvalue weighted by molar-refractivity contribution is 5.57. The van der Waals surface area contributed by atoms with Crippen molar-refractivity contribution in [3.8, 4) is 5.75 Å². The summed E-state index contributed by atoms with van der Waals surface area (Å²) in [5.74, 6) is 0.919. The molecule has 1 aliphatic rings. The molecule has 2 rings (SSSR count). The Kier molecular flexibility index (Phi) is 5.00. The molecule has 1 aliphatic heterocycles. The molecule has 1 aromatic carbocycles. The first-order valence-electron chi connectivity index (χ1n) is 6.86. The van der Waals surface area contributed by atoms with Gasteiger partial charge in [0.1, 0.15) is 5.75 Å². The normalized spacial score (nSPS) is 24.8. The second kappa shape index (κ2) is 6.73. The van der Waals surface area contributed by atoms with Gasteiger partial charge in [0.25, 0.3) is 0 Å². The highest BCUT2D eigenvalue weighted by Crippen LogP contribution is 2.18. The summed E-state index contributed by atoms with van der Waals surface area (Å²) < 4.78 is 11.1. The number of benzene rings is 1. The van der Waals surface area contributed by atoms with Crippen molar-refractivity contribution in [2.75, 3.05) is 26.7 Å². The Balaban J connectivity index is 1.92. The average Bonchev–Trinajstić information content (AvgIpc) is 2.38. The molecule has 0 spiro atoms. The van der Waals surface area contributed by atoms with Crippen molar-refractivity contribution in [2.45, 2.75) is 26.1 Å². The number of hydrogen-bond acceptors (Lipinski definition) is 3. The summed E-state index contributed by atoms with van der Waals surface area (Å²) in [6, 6.07) is 8.07. The van der Waals surface area contributed by atoms with Crippen molar-refractivity contribution in [3.05, 3.63) is 35.9 Å². The third-order valence-electron chi connectivity index (χ3n) is 3.30. The maximum Gasteiger partial charge on any atom is 0.126 e. The average molecular weight is 261 g/mol. The summed E-state index contributed by atoms with van der Waals surface area (Å²) in [7, 11) is 1.71. The Bertz CT molecular complexity index is 421. The molecule has 104 valence electrons. The molecule has 1 saturated heterocycles. The van der Waals surface area contributed by atoms with Gasteiger partial charge in [0, 0.05) is 25.2 Å². The second-order valence-corrected chi connectivity index (χ2v) is 5.12. The van der Waals surface area contributed by atoms with E-state index in [0.29, 0.717) is 12.2 Å². The van der Waals surface area contributed by atoms with E-state index in [4.69, 9.17) is 9.47 Å². The number of hydrogen-bond donors (Lipinski definition) is 0. The van der Waals surface area contributed by atoms with Crippen LogP contribution < -0.4 is 4.74 Å². The minimum atomic E-state index is 0.323. The van der Waals surface area contributed by atoms with Crippen LogP contribution in [0.15, 0.2) is 30.3 Å². The van der Waals surface area contributed by atoms with Gasteiger partial charge in [0.05, 0.1) is 19.3 Å². The highest BCUT2D eigenvalue weighted by atomic mass is 16.5. The van der Waals surface area contributed by atoms with Crippen LogP contribution in [0.25, 0.3) is 6.08 Å². The van der Waals surface area contributed by atoms with Gasteiger partial charge in [-0.1, -0.05) is 30.4 Å². The monoisotopic (exact) mass is 261 g/mol. The minimum absolute atomic E-state index is 0.323. The van der Waals surface area contributed by atoms with Gasteiger partial charge in [-0.15, -0.1) is 0 Å². The van der Waals surface area contributed by atoms with Crippen LogP contribution in [0.5, 0.6) is 5.75 Å². The summed E-state index contributed by atoms with van der Waals surface area (Å²) in [5.41, 5.74) is 1.12.